The Morgan fingerprint density at radius 3 is 2.19 bits per heavy atom. The van der Waals surface area contributed by atoms with E-state index < -0.39 is 0 Å². The van der Waals surface area contributed by atoms with Crippen molar-refractivity contribution in [3.05, 3.63) is 54.4 Å². The van der Waals surface area contributed by atoms with Crippen molar-refractivity contribution in [3.63, 3.8) is 0 Å². The SMILES string of the molecule is CCN(CC)C(=O)c1ccc(N(C)c2ccccc2)cn1. The molecule has 0 spiro atoms. The number of carbonyl (C=O) groups excluding carboxylic acids is 1. The molecule has 1 heterocycles. The van der Waals surface area contributed by atoms with Crippen molar-refractivity contribution in [1.82, 2.24) is 9.88 Å². The minimum atomic E-state index is -0.0195. The van der Waals surface area contributed by atoms with Gasteiger partial charge in [0.05, 0.1) is 11.9 Å². The lowest BCUT2D eigenvalue weighted by atomic mass is 10.2. The van der Waals surface area contributed by atoms with Crippen LogP contribution in [-0.2, 0) is 0 Å². The summed E-state index contributed by atoms with van der Waals surface area (Å²) in [6, 6.07) is 13.8. The molecule has 1 amide bonds. The number of carbonyl (C=O) groups is 1. The second-order valence-electron chi connectivity index (χ2n) is 4.77. The number of hydrogen-bond donors (Lipinski definition) is 0. The minimum absolute atomic E-state index is 0.0195. The Morgan fingerprint density at radius 2 is 1.67 bits per heavy atom. The average Bonchev–Trinajstić information content (AvgIpc) is 2.56. The van der Waals surface area contributed by atoms with Crippen LogP contribution in [0.5, 0.6) is 0 Å². The number of rotatable bonds is 5. The number of aromatic nitrogens is 1. The monoisotopic (exact) mass is 283 g/mol. The first-order valence-corrected chi connectivity index (χ1v) is 7.21. The fraction of sp³-hybridized carbons (Fsp3) is 0.294. The molecule has 0 aliphatic heterocycles. The summed E-state index contributed by atoms with van der Waals surface area (Å²) in [6.07, 6.45) is 1.74. The summed E-state index contributed by atoms with van der Waals surface area (Å²) in [5.41, 5.74) is 2.53. The van der Waals surface area contributed by atoms with Crippen molar-refractivity contribution in [3.8, 4) is 0 Å². The fourth-order valence-electron chi connectivity index (χ4n) is 2.18. The molecule has 0 aliphatic rings. The second kappa shape index (κ2) is 6.88. The first-order valence-electron chi connectivity index (χ1n) is 7.21. The van der Waals surface area contributed by atoms with Crippen LogP contribution in [-0.4, -0.2) is 35.9 Å². The van der Waals surface area contributed by atoms with Gasteiger partial charge in [-0.2, -0.15) is 0 Å². The number of nitrogens with zero attached hydrogens (tertiary/aromatic N) is 3. The number of amides is 1. The highest BCUT2D eigenvalue weighted by Gasteiger charge is 2.14. The van der Waals surface area contributed by atoms with Crippen LogP contribution in [0, 0.1) is 0 Å². The highest BCUT2D eigenvalue weighted by Crippen LogP contribution is 2.22. The maximum absolute atomic E-state index is 12.2. The summed E-state index contributed by atoms with van der Waals surface area (Å²) in [7, 11) is 1.98. The zero-order valence-corrected chi connectivity index (χ0v) is 12.8. The lowest BCUT2D eigenvalue weighted by molar-refractivity contribution is 0.0767. The molecule has 0 aliphatic carbocycles. The zero-order chi connectivity index (χ0) is 15.2. The Morgan fingerprint density at radius 1 is 1.00 bits per heavy atom. The molecule has 110 valence electrons. The zero-order valence-electron chi connectivity index (χ0n) is 12.8. The maximum atomic E-state index is 12.2. The summed E-state index contributed by atoms with van der Waals surface area (Å²) in [5.74, 6) is -0.0195. The molecule has 0 unspecified atom stereocenters. The number of anilines is 2. The first kappa shape index (κ1) is 15.0. The summed E-state index contributed by atoms with van der Waals surface area (Å²) in [5, 5.41) is 0. The molecule has 0 saturated heterocycles. The van der Waals surface area contributed by atoms with E-state index in [1.54, 1.807) is 17.2 Å². The Balaban J connectivity index is 2.17. The fourth-order valence-corrected chi connectivity index (χ4v) is 2.18. The van der Waals surface area contributed by atoms with E-state index in [-0.39, 0.29) is 5.91 Å². The average molecular weight is 283 g/mol. The van der Waals surface area contributed by atoms with E-state index in [9.17, 15) is 4.79 Å². The van der Waals surface area contributed by atoms with Gasteiger partial charge in [-0.3, -0.25) is 4.79 Å². The molecule has 0 fully saturated rings. The Kier molecular flexibility index (Phi) is 4.93. The topological polar surface area (TPSA) is 36.4 Å². The third-order valence-corrected chi connectivity index (χ3v) is 3.55. The lowest BCUT2D eigenvalue weighted by Gasteiger charge is -2.20. The molecule has 2 rings (SSSR count). The summed E-state index contributed by atoms with van der Waals surface area (Å²) in [6.45, 7) is 5.34. The van der Waals surface area contributed by atoms with Crippen molar-refractivity contribution in [2.24, 2.45) is 0 Å². The van der Waals surface area contributed by atoms with Gasteiger partial charge in [-0.1, -0.05) is 18.2 Å². The van der Waals surface area contributed by atoms with Gasteiger partial charge < -0.3 is 9.80 Å². The van der Waals surface area contributed by atoms with Gasteiger partial charge in [0, 0.05) is 25.8 Å². The molecular weight excluding hydrogens is 262 g/mol. The number of pyridine rings is 1. The highest BCUT2D eigenvalue weighted by atomic mass is 16.2. The van der Waals surface area contributed by atoms with Crippen molar-refractivity contribution < 1.29 is 4.79 Å². The first-order chi connectivity index (χ1) is 10.2. The minimum Gasteiger partial charge on any atom is -0.343 e. The predicted octanol–water partition coefficient (Wildman–Crippen LogP) is 3.33. The van der Waals surface area contributed by atoms with Crippen molar-refractivity contribution in [2.45, 2.75) is 13.8 Å². The van der Waals surface area contributed by atoms with Crippen LogP contribution in [0.1, 0.15) is 24.3 Å². The Labute approximate surface area is 126 Å². The van der Waals surface area contributed by atoms with Crippen LogP contribution in [0.4, 0.5) is 11.4 Å². The van der Waals surface area contributed by atoms with Gasteiger partial charge in [0.1, 0.15) is 5.69 Å². The smallest absolute Gasteiger partial charge is 0.272 e. The molecule has 21 heavy (non-hydrogen) atoms. The molecule has 0 bridgehead atoms. The van der Waals surface area contributed by atoms with Gasteiger partial charge >= 0.3 is 0 Å². The van der Waals surface area contributed by atoms with Crippen LogP contribution in [0.15, 0.2) is 48.7 Å². The predicted molar refractivity (Wildman–Crippen MR) is 86.0 cm³/mol. The maximum Gasteiger partial charge on any atom is 0.272 e. The molecule has 0 atom stereocenters. The highest BCUT2D eigenvalue weighted by molar-refractivity contribution is 5.92. The third-order valence-electron chi connectivity index (χ3n) is 3.55. The number of benzene rings is 1. The Bertz CT molecular complexity index is 577. The summed E-state index contributed by atoms with van der Waals surface area (Å²) >= 11 is 0. The summed E-state index contributed by atoms with van der Waals surface area (Å²) < 4.78 is 0. The van der Waals surface area contributed by atoms with Crippen molar-refractivity contribution in [2.75, 3.05) is 25.0 Å². The van der Waals surface area contributed by atoms with Gasteiger partial charge in [0.25, 0.3) is 5.91 Å². The molecular formula is C17H21N3O. The number of para-hydroxylation sites is 1. The molecule has 4 nitrogen and oxygen atoms in total. The van der Waals surface area contributed by atoms with Gasteiger partial charge in [-0.15, -0.1) is 0 Å². The van der Waals surface area contributed by atoms with Gasteiger partial charge in [-0.25, -0.2) is 4.98 Å². The third kappa shape index (κ3) is 3.40. The molecule has 1 aromatic carbocycles. The van der Waals surface area contributed by atoms with Gasteiger partial charge in [0.2, 0.25) is 0 Å². The van der Waals surface area contributed by atoms with E-state index >= 15 is 0 Å². The van der Waals surface area contributed by atoms with E-state index in [1.165, 1.54) is 0 Å². The van der Waals surface area contributed by atoms with Gasteiger partial charge in [0.15, 0.2) is 0 Å². The van der Waals surface area contributed by atoms with E-state index in [2.05, 4.69) is 4.98 Å². The van der Waals surface area contributed by atoms with Crippen LogP contribution >= 0.6 is 0 Å². The molecule has 0 saturated carbocycles. The summed E-state index contributed by atoms with van der Waals surface area (Å²) in [4.78, 5) is 20.3. The standard InChI is InChI=1S/C17H21N3O/c1-4-20(5-2)17(21)16-12-11-15(13-18-16)19(3)14-9-7-6-8-10-14/h6-13H,4-5H2,1-3H3. The van der Waals surface area contributed by atoms with Crippen molar-refractivity contribution >= 4 is 17.3 Å². The van der Waals surface area contributed by atoms with Crippen LogP contribution in [0.3, 0.4) is 0 Å². The quantitative estimate of drug-likeness (QED) is 0.844. The van der Waals surface area contributed by atoms with Crippen molar-refractivity contribution in [1.29, 1.82) is 0 Å². The second-order valence-corrected chi connectivity index (χ2v) is 4.77. The van der Waals surface area contributed by atoms with E-state index in [4.69, 9.17) is 0 Å². The van der Waals surface area contributed by atoms with Crippen LogP contribution in [0.25, 0.3) is 0 Å². The molecule has 0 radical (unpaired) electrons. The molecule has 0 N–H and O–H groups in total. The molecule has 4 heteroatoms. The Hall–Kier alpha value is -2.36. The lowest BCUT2D eigenvalue weighted by Crippen LogP contribution is -2.31. The van der Waals surface area contributed by atoms with Crippen LogP contribution in [0.2, 0.25) is 0 Å². The normalized spacial score (nSPS) is 10.2. The molecule has 1 aromatic heterocycles. The van der Waals surface area contributed by atoms with Crippen LogP contribution < -0.4 is 4.90 Å². The number of hydrogen-bond acceptors (Lipinski definition) is 3. The van der Waals surface area contributed by atoms with E-state index in [0.29, 0.717) is 18.8 Å². The van der Waals surface area contributed by atoms with E-state index in [1.807, 2.05) is 62.2 Å². The largest absolute Gasteiger partial charge is 0.343 e. The molecule has 2 aromatic rings. The van der Waals surface area contributed by atoms with E-state index in [0.717, 1.165) is 11.4 Å². The van der Waals surface area contributed by atoms with Gasteiger partial charge in [-0.05, 0) is 38.1 Å².